The van der Waals surface area contributed by atoms with Crippen LogP contribution >= 0.6 is 0 Å². The normalized spacial score (nSPS) is 16.2. The number of benzene rings is 2. The van der Waals surface area contributed by atoms with E-state index in [-0.39, 0.29) is 30.2 Å². The highest BCUT2D eigenvalue weighted by molar-refractivity contribution is 6.07. The highest BCUT2D eigenvalue weighted by atomic mass is 16.2. The van der Waals surface area contributed by atoms with Crippen LogP contribution in [-0.2, 0) is 9.59 Å². The second-order valence-corrected chi connectivity index (χ2v) is 7.84. The van der Waals surface area contributed by atoms with Gasteiger partial charge in [0.05, 0.1) is 17.2 Å². The highest BCUT2D eigenvalue weighted by Crippen LogP contribution is 2.28. The number of nitrogens with zero attached hydrogens (tertiary/aromatic N) is 1. The van der Waals surface area contributed by atoms with Crippen molar-refractivity contribution in [1.82, 2.24) is 5.32 Å². The first kappa shape index (κ1) is 20.6. The largest absolute Gasteiger partial charge is 0.350 e. The van der Waals surface area contributed by atoms with E-state index in [0.717, 1.165) is 16.8 Å². The van der Waals surface area contributed by atoms with Crippen molar-refractivity contribution in [3.63, 3.8) is 0 Å². The topological polar surface area (TPSA) is 78.5 Å². The van der Waals surface area contributed by atoms with E-state index in [0.29, 0.717) is 17.8 Å². The van der Waals surface area contributed by atoms with Crippen molar-refractivity contribution in [3.8, 4) is 0 Å². The Bertz CT molecular complexity index is 952. The van der Waals surface area contributed by atoms with Crippen LogP contribution in [0.25, 0.3) is 0 Å². The van der Waals surface area contributed by atoms with E-state index >= 15 is 0 Å². The maximum Gasteiger partial charge on any atom is 0.253 e. The third-order valence-corrected chi connectivity index (χ3v) is 5.15. The molecule has 0 spiro atoms. The molecule has 0 unspecified atom stereocenters. The van der Waals surface area contributed by atoms with E-state index in [9.17, 15) is 14.4 Å². The third-order valence-electron chi connectivity index (χ3n) is 5.15. The molecule has 2 aromatic rings. The number of amides is 3. The highest BCUT2D eigenvalue weighted by Gasteiger charge is 2.35. The molecule has 0 aromatic heterocycles. The van der Waals surface area contributed by atoms with Gasteiger partial charge in [0.1, 0.15) is 0 Å². The SMILES string of the molecule is Cc1ccc(N2C[C@@H](C(=O)Nc3ccccc3C(=O)NC(C)C)CC2=O)cc1C. The van der Waals surface area contributed by atoms with Crippen LogP contribution in [0, 0.1) is 19.8 Å². The van der Waals surface area contributed by atoms with Gasteiger partial charge in [-0.1, -0.05) is 18.2 Å². The van der Waals surface area contributed by atoms with Crippen LogP contribution in [0.4, 0.5) is 11.4 Å². The number of carbonyl (C=O) groups excluding carboxylic acids is 3. The summed E-state index contributed by atoms with van der Waals surface area (Å²) in [6, 6.07) is 12.7. The van der Waals surface area contributed by atoms with Gasteiger partial charge in [-0.05, 0) is 63.1 Å². The van der Waals surface area contributed by atoms with Crippen LogP contribution in [0.5, 0.6) is 0 Å². The van der Waals surface area contributed by atoms with Gasteiger partial charge in [0.15, 0.2) is 0 Å². The maximum atomic E-state index is 12.8. The quantitative estimate of drug-likeness (QED) is 0.817. The van der Waals surface area contributed by atoms with Crippen LogP contribution in [0.1, 0.15) is 41.8 Å². The van der Waals surface area contributed by atoms with Gasteiger partial charge >= 0.3 is 0 Å². The van der Waals surface area contributed by atoms with Crippen molar-refractivity contribution < 1.29 is 14.4 Å². The Balaban J connectivity index is 1.73. The van der Waals surface area contributed by atoms with Gasteiger partial charge in [0.2, 0.25) is 11.8 Å². The van der Waals surface area contributed by atoms with E-state index in [1.54, 1.807) is 29.2 Å². The standard InChI is InChI=1S/C23H27N3O3/c1-14(2)24-23(29)19-7-5-6-8-20(19)25-22(28)17-12-21(27)26(13-17)18-10-9-15(3)16(4)11-18/h5-11,14,17H,12-13H2,1-4H3,(H,24,29)(H,25,28)/t17-/m0/s1. The van der Waals surface area contributed by atoms with Gasteiger partial charge in [-0.3, -0.25) is 14.4 Å². The summed E-state index contributed by atoms with van der Waals surface area (Å²) in [7, 11) is 0. The molecule has 1 aliphatic heterocycles. The van der Waals surface area contributed by atoms with Crippen molar-refractivity contribution >= 4 is 29.1 Å². The number of aryl methyl sites for hydroxylation is 2. The number of carbonyl (C=O) groups is 3. The van der Waals surface area contributed by atoms with E-state index in [1.165, 1.54) is 0 Å². The Hall–Kier alpha value is -3.15. The Morgan fingerprint density at radius 1 is 1.07 bits per heavy atom. The summed E-state index contributed by atoms with van der Waals surface area (Å²) in [6.45, 7) is 8.11. The molecular formula is C23H27N3O3. The molecular weight excluding hydrogens is 366 g/mol. The zero-order chi connectivity index (χ0) is 21.1. The van der Waals surface area contributed by atoms with Gasteiger partial charge < -0.3 is 15.5 Å². The average molecular weight is 393 g/mol. The van der Waals surface area contributed by atoms with Crippen LogP contribution in [0.2, 0.25) is 0 Å². The number of rotatable bonds is 5. The minimum absolute atomic E-state index is 0.00904. The predicted octanol–water partition coefficient (Wildman–Crippen LogP) is 3.43. The second kappa shape index (κ2) is 8.47. The monoisotopic (exact) mass is 393 g/mol. The van der Waals surface area contributed by atoms with E-state index in [2.05, 4.69) is 10.6 Å². The van der Waals surface area contributed by atoms with Gasteiger partial charge in [0, 0.05) is 24.7 Å². The Morgan fingerprint density at radius 2 is 1.79 bits per heavy atom. The van der Waals surface area contributed by atoms with Crippen LogP contribution in [0.3, 0.4) is 0 Å². The minimum Gasteiger partial charge on any atom is -0.350 e. The minimum atomic E-state index is -0.467. The van der Waals surface area contributed by atoms with E-state index < -0.39 is 5.92 Å². The van der Waals surface area contributed by atoms with Crippen molar-refractivity contribution in [3.05, 3.63) is 59.2 Å². The lowest BCUT2D eigenvalue weighted by Crippen LogP contribution is -2.32. The van der Waals surface area contributed by atoms with Gasteiger partial charge in [-0.25, -0.2) is 0 Å². The molecule has 0 radical (unpaired) electrons. The number of anilines is 2. The summed E-state index contributed by atoms with van der Waals surface area (Å²) in [5.41, 5.74) is 3.93. The molecule has 1 aliphatic rings. The number of hydrogen-bond acceptors (Lipinski definition) is 3. The summed E-state index contributed by atoms with van der Waals surface area (Å²) in [6.07, 6.45) is 0.152. The molecule has 2 aromatic carbocycles. The number of para-hydroxylation sites is 1. The molecule has 0 saturated carbocycles. The molecule has 1 atom stereocenters. The maximum absolute atomic E-state index is 12.8. The molecule has 152 valence electrons. The van der Waals surface area contributed by atoms with Gasteiger partial charge in [-0.15, -0.1) is 0 Å². The second-order valence-electron chi connectivity index (χ2n) is 7.84. The van der Waals surface area contributed by atoms with E-state index in [1.807, 2.05) is 45.9 Å². The first-order valence-corrected chi connectivity index (χ1v) is 9.84. The van der Waals surface area contributed by atoms with E-state index in [4.69, 9.17) is 0 Å². The molecule has 0 aliphatic carbocycles. The summed E-state index contributed by atoms with van der Waals surface area (Å²) in [4.78, 5) is 39.4. The molecule has 1 heterocycles. The number of hydrogen-bond donors (Lipinski definition) is 2. The molecule has 1 saturated heterocycles. The summed E-state index contributed by atoms with van der Waals surface area (Å²) in [5, 5.41) is 5.68. The Labute approximate surface area is 171 Å². The molecule has 1 fully saturated rings. The smallest absolute Gasteiger partial charge is 0.253 e. The molecule has 2 N–H and O–H groups in total. The van der Waals surface area contributed by atoms with Crippen molar-refractivity contribution in [2.24, 2.45) is 5.92 Å². The third kappa shape index (κ3) is 4.65. The van der Waals surface area contributed by atoms with Crippen LogP contribution < -0.4 is 15.5 Å². The van der Waals surface area contributed by atoms with Gasteiger partial charge in [0.25, 0.3) is 5.91 Å². The fraction of sp³-hybridized carbons (Fsp3) is 0.348. The Kier molecular flexibility index (Phi) is 6.01. The van der Waals surface area contributed by atoms with Crippen molar-refractivity contribution in [2.75, 3.05) is 16.8 Å². The zero-order valence-corrected chi connectivity index (χ0v) is 17.3. The lowest BCUT2D eigenvalue weighted by atomic mass is 10.1. The fourth-order valence-electron chi connectivity index (χ4n) is 3.39. The van der Waals surface area contributed by atoms with Crippen molar-refractivity contribution in [2.45, 2.75) is 40.2 Å². The molecule has 6 nitrogen and oxygen atoms in total. The fourth-order valence-corrected chi connectivity index (χ4v) is 3.39. The van der Waals surface area contributed by atoms with Crippen LogP contribution in [-0.4, -0.2) is 30.3 Å². The number of nitrogens with one attached hydrogen (secondary N) is 2. The lowest BCUT2D eigenvalue weighted by Gasteiger charge is -2.18. The van der Waals surface area contributed by atoms with Crippen molar-refractivity contribution in [1.29, 1.82) is 0 Å². The Morgan fingerprint density at radius 3 is 2.48 bits per heavy atom. The molecule has 29 heavy (non-hydrogen) atoms. The predicted molar refractivity (Wildman–Crippen MR) is 114 cm³/mol. The average Bonchev–Trinajstić information content (AvgIpc) is 3.05. The molecule has 0 bridgehead atoms. The van der Waals surface area contributed by atoms with Crippen LogP contribution in [0.15, 0.2) is 42.5 Å². The van der Waals surface area contributed by atoms with Gasteiger partial charge in [-0.2, -0.15) is 0 Å². The lowest BCUT2D eigenvalue weighted by molar-refractivity contribution is -0.122. The zero-order valence-electron chi connectivity index (χ0n) is 17.3. The summed E-state index contributed by atoms with van der Waals surface area (Å²) < 4.78 is 0. The summed E-state index contributed by atoms with van der Waals surface area (Å²) in [5.74, 6) is -1.03. The molecule has 3 rings (SSSR count). The first-order chi connectivity index (χ1) is 13.8. The molecule has 3 amide bonds. The molecule has 6 heteroatoms. The first-order valence-electron chi connectivity index (χ1n) is 9.84. The summed E-state index contributed by atoms with van der Waals surface area (Å²) >= 11 is 0.